The van der Waals surface area contributed by atoms with Crippen molar-refractivity contribution in [1.29, 1.82) is 0 Å². The first-order valence-corrected chi connectivity index (χ1v) is 7.16. The summed E-state index contributed by atoms with van der Waals surface area (Å²) in [4.78, 5) is 5.02. The maximum Gasteiger partial charge on any atom is -0.00218 e. The summed E-state index contributed by atoms with van der Waals surface area (Å²) in [5, 5.41) is 0. The van der Waals surface area contributed by atoms with E-state index in [0.717, 1.165) is 0 Å². The highest BCUT2D eigenvalue weighted by atomic mass is 15.1. The lowest BCUT2D eigenvalue weighted by molar-refractivity contribution is 0.289. The monoisotopic (exact) mass is 226 g/mol. The SMILES string of the molecule is CN1CCCCCCN(C)CCCCCC1. The highest BCUT2D eigenvalue weighted by molar-refractivity contribution is 4.58. The molecule has 0 spiro atoms. The van der Waals surface area contributed by atoms with Gasteiger partial charge in [0.2, 0.25) is 0 Å². The molecule has 0 saturated carbocycles. The first kappa shape index (κ1) is 14.0. The van der Waals surface area contributed by atoms with Gasteiger partial charge in [0.1, 0.15) is 0 Å². The zero-order chi connectivity index (χ0) is 11.6. The Morgan fingerprint density at radius 2 is 0.688 bits per heavy atom. The molecule has 1 aliphatic rings. The van der Waals surface area contributed by atoms with Crippen molar-refractivity contribution in [2.75, 3.05) is 40.3 Å². The van der Waals surface area contributed by atoms with E-state index in [4.69, 9.17) is 0 Å². The average molecular weight is 226 g/mol. The standard InChI is InChI=1S/C14H30N2/c1-15-11-7-3-5-9-13-16(2)14-10-6-4-8-12-15/h3-14H2,1-2H3. The summed E-state index contributed by atoms with van der Waals surface area (Å²) in [6.45, 7) is 5.21. The van der Waals surface area contributed by atoms with Crippen molar-refractivity contribution in [1.82, 2.24) is 9.80 Å². The van der Waals surface area contributed by atoms with E-state index in [-0.39, 0.29) is 0 Å². The van der Waals surface area contributed by atoms with E-state index >= 15 is 0 Å². The van der Waals surface area contributed by atoms with Gasteiger partial charge < -0.3 is 9.80 Å². The van der Waals surface area contributed by atoms with Crippen molar-refractivity contribution in [2.45, 2.75) is 51.4 Å². The van der Waals surface area contributed by atoms with Crippen LogP contribution in [0.5, 0.6) is 0 Å². The van der Waals surface area contributed by atoms with Crippen molar-refractivity contribution in [2.24, 2.45) is 0 Å². The molecule has 2 heteroatoms. The molecule has 2 nitrogen and oxygen atoms in total. The van der Waals surface area contributed by atoms with Crippen LogP contribution in [0.1, 0.15) is 51.4 Å². The van der Waals surface area contributed by atoms with Crippen LogP contribution in [0.25, 0.3) is 0 Å². The van der Waals surface area contributed by atoms with Gasteiger partial charge in [0.25, 0.3) is 0 Å². The maximum atomic E-state index is 2.51. The van der Waals surface area contributed by atoms with Crippen LogP contribution in [0.2, 0.25) is 0 Å². The van der Waals surface area contributed by atoms with Crippen LogP contribution in [-0.2, 0) is 0 Å². The van der Waals surface area contributed by atoms with Gasteiger partial charge in [0.15, 0.2) is 0 Å². The summed E-state index contributed by atoms with van der Waals surface area (Å²) in [6.07, 6.45) is 11.2. The van der Waals surface area contributed by atoms with Gasteiger partial charge in [-0.25, -0.2) is 0 Å². The number of nitrogens with zero attached hydrogens (tertiary/aromatic N) is 2. The van der Waals surface area contributed by atoms with Gasteiger partial charge in [-0.05, 0) is 66.0 Å². The third-order valence-electron chi connectivity index (χ3n) is 3.66. The van der Waals surface area contributed by atoms with Crippen LogP contribution in [0.15, 0.2) is 0 Å². The molecule has 1 heterocycles. The maximum absolute atomic E-state index is 2.51. The van der Waals surface area contributed by atoms with Crippen LogP contribution in [0, 0.1) is 0 Å². The van der Waals surface area contributed by atoms with Crippen molar-refractivity contribution in [3.8, 4) is 0 Å². The van der Waals surface area contributed by atoms with E-state index in [2.05, 4.69) is 23.9 Å². The largest absolute Gasteiger partial charge is 0.306 e. The van der Waals surface area contributed by atoms with Crippen LogP contribution in [0.3, 0.4) is 0 Å². The molecule has 1 aliphatic heterocycles. The highest BCUT2D eigenvalue weighted by Gasteiger charge is 2.02. The van der Waals surface area contributed by atoms with Crippen LogP contribution < -0.4 is 0 Å². The molecule has 0 N–H and O–H groups in total. The Morgan fingerprint density at radius 3 is 0.938 bits per heavy atom. The molecule has 0 radical (unpaired) electrons. The van der Waals surface area contributed by atoms with E-state index in [9.17, 15) is 0 Å². The zero-order valence-corrected chi connectivity index (χ0v) is 11.4. The summed E-state index contributed by atoms with van der Waals surface area (Å²) in [7, 11) is 4.55. The molecular formula is C14H30N2. The van der Waals surface area contributed by atoms with Gasteiger partial charge >= 0.3 is 0 Å². The zero-order valence-electron chi connectivity index (χ0n) is 11.4. The van der Waals surface area contributed by atoms with Crippen molar-refractivity contribution < 1.29 is 0 Å². The summed E-state index contributed by atoms with van der Waals surface area (Å²) in [6, 6.07) is 0. The van der Waals surface area contributed by atoms with E-state index < -0.39 is 0 Å². The van der Waals surface area contributed by atoms with E-state index in [1.807, 2.05) is 0 Å². The molecule has 1 saturated heterocycles. The second-order valence-electron chi connectivity index (χ2n) is 5.43. The first-order valence-electron chi connectivity index (χ1n) is 7.16. The Kier molecular flexibility index (Phi) is 7.87. The highest BCUT2D eigenvalue weighted by Crippen LogP contribution is 2.07. The topological polar surface area (TPSA) is 6.48 Å². The molecule has 0 atom stereocenters. The predicted octanol–water partition coefficient (Wildman–Crippen LogP) is 2.98. The fourth-order valence-corrected chi connectivity index (χ4v) is 2.46. The summed E-state index contributed by atoms with van der Waals surface area (Å²) < 4.78 is 0. The lowest BCUT2D eigenvalue weighted by Crippen LogP contribution is -2.23. The lowest BCUT2D eigenvalue weighted by atomic mass is 10.1. The van der Waals surface area contributed by atoms with Crippen LogP contribution >= 0.6 is 0 Å². The molecule has 0 aromatic carbocycles. The van der Waals surface area contributed by atoms with Gasteiger partial charge in [0, 0.05) is 0 Å². The van der Waals surface area contributed by atoms with Crippen molar-refractivity contribution in [3.05, 3.63) is 0 Å². The Balaban J connectivity index is 2.18. The molecule has 0 unspecified atom stereocenters. The summed E-state index contributed by atoms with van der Waals surface area (Å²) in [5.41, 5.74) is 0. The Hall–Kier alpha value is -0.0800. The van der Waals surface area contributed by atoms with E-state index in [1.54, 1.807) is 0 Å². The molecule has 0 amide bonds. The fraction of sp³-hybridized carbons (Fsp3) is 1.00. The van der Waals surface area contributed by atoms with Gasteiger partial charge in [-0.2, -0.15) is 0 Å². The molecule has 0 aromatic rings. The van der Waals surface area contributed by atoms with E-state index in [0.29, 0.717) is 0 Å². The Labute approximate surface area is 102 Å². The minimum atomic E-state index is 1.30. The number of hydrogen-bond acceptors (Lipinski definition) is 2. The summed E-state index contributed by atoms with van der Waals surface area (Å²) in [5.74, 6) is 0. The van der Waals surface area contributed by atoms with Gasteiger partial charge in [0.05, 0.1) is 0 Å². The third-order valence-corrected chi connectivity index (χ3v) is 3.66. The molecule has 1 rings (SSSR count). The van der Waals surface area contributed by atoms with Gasteiger partial charge in [-0.15, -0.1) is 0 Å². The number of rotatable bonds is 0. The van der Waals surface area contributed by atoms with Crippen molar-refractivity contribution in [3.63, 3.8) is 0 Å². The van der Waals surface area contributed by atoms with Gasteiger partial charge in [-0.1, -0.05) is 25.7 Å². The molecule has 1 fully saturated rings. The van der Waals surface area contributed by atoms with E-state index in [1.165, 1.54) is 77.5 Å². The lowest BCUT2D eigenvalue weighted by Gasteiger charge is -2.19. The quantitative estimate of drug-likeness (QED) is 0.626. The molecule has 0 bridgehead atoms. The third kappa shape index (κ3) is 7.24. The molecule has 96 valence electrons. The second-order valence-corrected chi connectivity index (χ2v) is 5.43. The van der Waals surface area contributed by atoms with Crippen LogP contribution in [0.4, 0.5) is 0 Å². The second kappa shape index (κ2) is 9.00. The van der Waals surface area contributed by atoms with Gasteiger partial charge in [-0.3, -0.25) is 0 Å². The smallest absolute Gasteiger partial charge is 0.00218 e. The Bertz CT molecular complexity index is 125. The minimum absolute atomic E-state index is 1.30. The average Bonchev–Trinajstić information content (AvgIpc) is 2.27. The predicted molar refractivity (Wildman–Crippen MR) is 71.9 cm³/mol. The molecular weight excluding hydrogens is 196 g/mol. The normalized spacial score (nSPS) is 25.1. The minimum Gasteiger partial charge on any atom is -0.306 e. The number of hydrogen-bond donors (Lipinski definition) is 0. The Morgan fingerprint density at radius 1 is 0.438 bits per heavy atom. The fourth-order valence-electron chi connectivity index (χ4n) is 2.46. The molecule has 0 aliphatic carbocycles. The molecule has 0 aromatic heterocycles. The first-order chi connectivity index (χ1) is 7.79. The van der Waals surface area contributed by atoms with Crippen molar-refractivity contribution >= 4 is 0 Å². The van der Waals surface area contributed by atoms with Crippen LogP contribution in [-0.4, -0.2) is 50.1 Å². The summed E-state index contributed by atoms with van der Waals surface area (Å²) >= 11 is 0. The molecule has 16 heavy (non-hydrogen) atoms.